The molecule has 0 aromatic carbocycles. The van der Waals surface area contributed by atoms with Crippen LogP contribution in [0.4, 0.5) is 0 Å². The van der Waals surface area contributed by atoms with E-state index in [-0.39, 0.29) is 19.0 Å². The van der Waals surface area contributed by atoms with Crippen LogP contribution in [0.3, 0.4) is 0 Å². The molecule has 0 aromatic rings. The minimum Gasteiger partial charge on any atom is -0.480 e. The molecule has 0 amide bonds. The highest BCUT2D eigenvalue weighted by Crippen LogP contribution is 2.40. The number of carboxylic acid groups (broad SMARTS) is 2. The van der Waals surface area contributed by atoms with Crippen LogP contribution in [0.25, 0.3) is 0 Å². The van der Waals surface area contributed by atoms with Crippen molar-refractivity contribution >= 4 is 47.0 Å². The summed E-state index contributed by atoms with van der Waals surface area (Å²) in [6.45, 7) is 3.20. The zero-order valence-corrected chi connectivity index (χ0v) is 19.8. The number of unbranched alkanes of at least 4 members (excludes halogenated alkanes) is 2. The molecule has 1 fully saturated rings. The summed E-state index contributed by atoms with van der Waals surface area (Å²) < 4.78 is 5.75. The second kappa shape index (κ2) is 19.6. The van der Waals surface area contributed by atoms with E-state index in [1.54, 1.807) is 37.4 Å². The molecule has 184 valence electrons. The van der Waals surface area contributed by atoms with Gasteiger partial charge in [-0.15, -0.1) is 0 Å². The number of Topliss-reactive ketones (excluding diaryl/α,β-unsaturated/α-hetero) is 2. The molecule has 0 saturated heterocycles. The van der Waals surface area contributed by atoms with Gasteiger partial charge in [0.15, 0.2) is 0 Å². The summed E-state index contributed by atoms with van der Waals surface area (Å²) in [5, 5.41) is 18.1. The number of hydrogen-bond donors (Lipinski definition) is 4. The highest BCUT2D eigenvalue weighted by Gasteiger charge is 2.33. The lowest BCUT2D eigenvalue weighted by atomic mass is 9.99. The monoisotopic (exact) mass is 483 g/mol. The molecule has 31 heavy (non-hydrogen) atoms. The Bertz CT molecular complexity index is 508. The SMILES string of the molecule is C.CC(=O)CCCCCC(C)=O.NC(CSC1CCC1SCC(N)C(=O)O)C(=O)O.[2H]C. The van der Waals surface area contributed by atoms with E-state index in [4.69, 9.17) is 23.1 Å². The van der Waals surface area contributed by atoms with Crippen LogP contribution >= 0.6 is 23.5 Å². The van der Waals surface area contributed by atoms with E-state index in [9.17, 15) is 19.2 Å². The molecule has 0 heterocycles. The Morgan fingerprint density at radius 2 is 1.16 bits per heavy atom. The summed E-state index contributed by atoms with van der Waals surface area (Å²) in [6, 6.07) is -1.66. The molecule has 10 heteroatoms. The van der Waals surface area contributed by atoms with E-state index >= 15 is 0 Å². The minimum absolute atomic E-state index is 0. The van der Waals surface area contributed by atoms with Crippen molar-refractivity contribution in [2.75, 3.05) is 11.5 Å². The van der Waals surface area contributed by atoms with Gasteiger partial charge < -0.3 is 31.3 Å². The van der Waals surface area contributed by atoms with Gasteiger partial charge in [0, 0.05) is 36.2 Å². The first-order chi connectivity index (χ1) is 14.5. The van der Waals surface area contributed by atoms with E-state index in [1.807, 2.05) is 0 Å². The van der Waals surface area contributed by atoms with Crippen LogP contribution in [0, 0.1) is 0 Å². The Morgan fingerprint density at radius 3 is 1.39 bits per heavy atom. The first-order valence-electron chi connectivity index (χ1n) is 10.7. The van der Waals surface area contributed by atoms with Crippen LogP contribution in [0.15, 0.2) is 0 Å². The zero-order valence-electron chi connectivity index (χ0n) is 19.2. The summed E-state index contributed by atoms with van der Waals surface area (Å²) >= 11 is 3.11. The van der Waals surface area contributed by atoms with Crippen molar-refractivity contribution in [3.8, 4) is 0 Å². The Kier molecular flexibility index (Phi) is 20.3. The van der Waals surface area contributed by atoms with Crippen LogP contribution in [0.2, 0.25) is 0 Å². The number of rotatable bonds is 14. The number of aliphatic carboxylic acids is 2. The quantitative estimate of drug-likeness (QED) is 0.270. The lowest BCUT2D eigenvalue weighted by Crippen LogP contribution is -2.39. The van der Waals surface area contributed by atoms with E-state index in [2.05, 4.69) is 0 Å². The Labute approximate surface area is 197 Å². The molecular weight excluding hydrogens is 440 g/mol. The smallest absolute Gasteiger partial charge is 0.321 e. The topological polar surface area (TPSA) is 161 Å². The summed E-state index contributed by atoms with van der Waals surface area (Å²) in [6.07, 6.45) is 6.24. The maximum atomic E-state index is 10.6. The fourth-order valence-electron chi connectivity index (χ4n) is 2.34. The number of ketones is 2. The van der Waals surface area contributed by atoms with Crippen molar-refractivity contribution in [2.24, 2.45) is 11.5 Å². The highest BCUT2D eigenvalue weighted by atomic mass is 32.2. The normalized spacial score (nSPS) is 18.8. The molecule has 4 unspecified atom stereocenters. The van der Waals surface area contributed by atoms with Crippen molar-refractivity contribution in [2.45, 2.75) is 96.2 Å². The molecule has 0 aliphatic heterocycles. The minimum atomic E-state index is -0.987. The summed E-state index contributed by atoms with van der Waals surface area (Å²) in [7, 11) is 1.25. The predicted octanol–water partition coefficient (Wildman–Crippen LogP) is 3.19. The van der Waals surface area contributed by atoms with Gasteiger partial charge in [0.25, 0.3) is 0 Å². The number of nitrogens with two attached hydrogens (primary N) is 2. The number of thioether (sulfide) groups is 2. The Morgan fingerprint density at radius 1 is 0.839 bits per heavy atom. The van der Waals surface area contributed by atoms with Gasteiger partial charge in [-0.3, -0.25) is 9.59 Å². The van der Waals surface area contributed by atoms with E-state index < -0.39 is 24.0 Å². The van der Waals surface area contributed by atoms with Crippen molar-refractivity contribution in [1.82, 2.24) is 0 Å². The van der Waals surface area contributed by atoms with Gasteiger partial charge in [-0.1, -0.05) is 21.3 Å². The molecule has 8 nitrogen and oxygen atoms in total. The molecule has 1 rings (SSSR count). The van der Waals surface area contributed by atoms with Crippen molar-refractivity contribution in [1.29, 1.82) is 0 Å². The average molecular weight is 484 g/mol. The summed E-state index contributed by atoms with van der Waals surface area (Å²) in [5.41, 5.74) is 10.9. The van der Waals surface area contributed by atoms with Gasteiger partial charge in [-0.05, 0) is 39.5 Å². The standard InChI is InChI=1S/C10H18N2O4S2.C9H16O2.2CH4/c11-5(9(13)14)3-17-7-1-2-8(7)18-4-6(12)10(15)16;1-8(10)6-4-3-5-7-9(2)11;;/h5-8H,1-4,11-12H2,(H,13,14)(H,15,16);3-7H2,1-2H3;2*1H4/i;;1D;. The van der Waals surface area contributed by atoms with Crippen molar-refractivity contribution in [3.63, 3.8) is 0 Å². The lowest BCUT2D eigenvalue weighted by molar-refractivity contribution is -0.138. The fraction of sp³-hybridized carbons (Fsp3) is 0.810. The number of carbonyl (C=O) groups excluding carboxylic acids is 2. The second-order valence-electron chi connectivity index (χ2n) is 7.18. The maximum Gasteiger partial charge on any atom is 0.321 e. The maximum absolute atomic E-state index is 10.6. The summed E-state index contributed by atoms with van der Waals surface area (Å²) in [4.78, 5) is 42.1. The van der Waals surface area contributed by atoms with Gasteiger partial charge in [0.2, 0.25) is 0 Å². The predicted molar refractivity (Wildman–Crippen MR) is 131 cm³/mol. The highest BCUT2D eigenvalue weighted by molar-refractivity contribution is 8.04. The van der Waals surface area contributed by atoms with Gasteiger partial charge in [-0.2, -0.15) is 23.5 Å². The lowest BCUT2D eigenvalue weighted by Gasteiger charge is -2.36. The third-order valence-corrected chi connectivity index (χ3v) is 7.58. The first-order valence-corrected chi connectivity index (χ1v) is 11.8. The molecule has 4 atom stereocenters. The van der Waals surface area contributed by atoms with Crippen LogP contribution in [-0.2, 0) is 19.2 Å². The third-order valence-electron chi connectivity index (χ3n) is 4.32. The second-order valence-corrected chi connectivity index (χ2v) is 9.72. The largest absolute Gasteiger partial charge is 0.480 e. The Balaban J connectivity index is -0.000000521. The van der Waals surface area contributed by atoms with Crippen molar-refractivity contribution < 1.29 is 30.8 Å². The number of carboxylic acids is 2. The van der Waals surface area contributed by atoms with Crippen LogP contribution in [0.5, 0.6) is 0 Å². The molecule has 0 bridgehead atoms. The molecule has 1 saturated carbocycles. The molecule has 0 aromatic heterocycles. The van der Waals surface area contributed by atoms with E-state index in [1.165, 1.54) is 7.40 Å². The molecule has 6 N–H and O–H groups in total. The molecule has 0 spiro atoms. The van der Waals surface area contributed by atoms with Crippen LogP contribution in [-0.4, -0.2) is 67.8 Å². The summed E-state index contributed by atoms with van der Waals surface area (Å²) in [5.74, 6) is -0.706. The van der Waals surface area contributed by atoms with Gasteiger partial charge >= 0.3 is 11.9 Å². The average Bonchev–Trinajstić information content (AvgIpc) is 2.68. The van der Waals surface area contributed by atoms with E-state index in [0.717, 1.165) is 32.1 Å². The van der Waals surface area contributed by atoms with Gasteiger partial charge in [0.05, 0.1) is 0 Å². The zero-order chi connectivity index (χ0) is 24.4. The number of hydrogen-bond acceptors (Lipinski definition) is 8. The first kappa shape index (κ1) is 32.1. The van der Waals surface area contributed by atoms with E-state index in [0.29, 0.717) is 34.8 Å². The van der Waals surface area contributed by atoms with Gasteiger partial charge in [-0.25, -0.2) is 0 Å². The number of carbonyl (C=O) groups is 4. The van der Waals surface area contributed by atoms with Crippen LogP contribution < -0.4 is 11.5 Å². The van der Waals surface area contributed by atoms with Gasteiger partial charge in [0.1, 0.15) is 23.7 Å². The third kappa shape index (κ3) is 18.2. The molecular formula is C21H42N2O6S2. The molecule has 1 aliphatic rings. The van der Waals surface area contributed by atoms with Crippen molar-refractivity contribution in [3.05, 3.63) is 0 Å². The fourth-order valence-corrected chi connectivity index (χ4v) is 5.31. The van der Waals surface area contributed by atoms with Crippen LogP contribution in [0.1, 0.15) is 75.0 Å². The molecule has 1 aliphatic carbocycles. The Hall–Kier alpha value is -1.10. The molecule has 0 radical (unpaired) electrons.